The lowest BCUT2D eigenvalue weighted by atomic mass is 10.3. The molecule has 0 unspecified atom stereocenters. The van der Waals surface area contributed by atoms with Crippen molar-refractivity contribution in [2.24, 2.45) is 0 Å². The zero-order valence-electron chi connectivity index (χ0n) is 7.08. The van der Waals surface area contributed by atoms with Crippen molar-refractivity contribution in [3.63, 3.8) is 0 Å². The van der Waals surface area contributed by atoms with Crippen LogP contribution in [-0.2, 0) is 11.3 Å². The Morgan fingerprint density at radius 3 is 3.08 bits per heavy atom. The highest BCUT2D eigenvalue weighted by Gasteiger charge is 2.03. The average molecular weight is 245 g/mol. The topological polar surface area (TPSA) is 51.2 Å². The van der Waals surface area contributed by atoms with Gasteiger partial charge in [-0.1, -0.05) is 0 Å². The van der Waals surface area contributed by atoms with Crippen LogP contribution in [0.15, 0.2) is 16.7 Å². The first kappa shape index (κ1) is 9.98. The Kier molecular flexibility index (Phi) is 3.70. The maximum Gasteiger partial charge on any atom is 0.207 e. The third kappa shape index (κ3) is 2.69. The van der Waals surface area contributed by atoms with E-state index in [1.165, 1.54) is 0 Å². The molecule has 0 bridgehead atoms. The molecule has 0 saturated carbocycles. The van der Waals surface area contributed by atoms with Crippen molar-refractivity contribution < 1.29 is 9.53 Å². The molecule has 1 aromatic heterocycles. The van der Waals surface area contributed by atoms with Crippen molar-refractivity contribution in [1.29, 1.82) is 0 Å². The van der Waals surface area contributed by atoms with Gasteiger partial charge in [0.2, 0.25) is 6.41 Å². The van der Waals surface area contributed by atoms with Crippen molar-refractivity contribution in [2.45, 2.75) is 6.54 Å². The zero-order chi connectivity index (χ0) is 9.68. The summed E-state index contributed by atoms with van der Waals surface area (Å²) in [5, 5.41) is 2.52. The number of nitrogens with one attached hydrogen (secondary N) is 1. The van der Waals surface area contributed by atoms with E-state index in [1.54, 1.807) is 19.2 Å². The number of hydrogen-bond acceptors (Lipinski definition) is 3. The number of nitrogens with zero attached hydrogens (tertiary/aromatic N) is 1. The van der Waals surface area contributed by atoms with Crippen molar-refractivity contribution in [2.75, 3.05) is 7.11 Å². The van der Waals surface area contributed by atoms with Crippen LogP contribution in [0.4, 0.5) is 0 Å². The lowest BCUT2D eigenvalue weighted by Gasteiger charge is -2.06. The molecule has 0 spiro atoms. The molecule has 0 atom stereocenters. The van der Waals surface area contributed by atoms with Gasteiger partial charge in [-0.2, -0.15) is 0 Å². The highest BCUT2D eigenvalue weighted by atomic mass is 79.9. The summed E-state index contributed by atoms with van der Waals surface area (Å²) in [7, 11) is 1.56. The number of methoxy groups -OCH3 is 1. The molecule has 0 aliphatic heterocycles. The predicted molar refractivity (Wildman–Crippen MR) is 51.4 cm³/mol. The van der Waals surface area contributed by atoms with Gasteiger partial charge in [-0.25, -0.2) is 4.98 Å². The Labute approximate surface area is 84.4 Å². The monoisotopic (exact) mass is 244 g/mol. The first-order valence-electron chi connectivity index (χ1n) is 3.64. The molecular weight excluding hydrogens is 236 g/mol. The Hall–Kier alpha value is -1.10. The van der Waals surface area contributed by atoms with Gasteiger partial charge in [0.15, 0.2) is 0 Å². The highest BCUT2D eigenvalue weighted by molar-refractivity contribution is 9.10. The molecule has 0 fully saturated rings. The Balaban J connectivity index is 2.87. The van der Waals surface area contributed by atoms with Gasteiger partial charge < -0.3 is 10.1 Å². The van der Waals surface area contributed by atoms with Crippen LogP contribution in [-0.4, -0.2) is 18.5 Å². The number of aromatic nitrogens is 1. The van der Waals surface area contributed by atoms with Gasteiger partial charge in [-0.15, -0.1) is 0 Å². The van der Waals surface area contributed by atoms with Crippen LogP contribution in [0.1, 0.15) is 5.69 Å². The van der Waals surface area contributed by atoms with E-state index in [0.29, 0.717) is 24.4 Å². The SMILES string of the molecule is COc1ccc(Br)nc1CNC=O. The lowest BCUT2D eigenvalue weighted by molar-refractivity contribution is -0.109. The molecule has 4 nitrogen and oxygen atoms in total. The van der Waals surface area contributed by atoms with Gasteiger partial charge >= 0.3 is 0 Å². The maximum atomic E-state index is 10.1. The van der Waals surface area contributed by atoms with E-state index in [4.69, 9.17) is 4.74 Å². The molecule has 5 heteroatoms. The molecule has 13 heavy (non-hydrogen) atoms. The van der Waals surface area contributed by atoms with Gasteiger partial charge in [0.05, 0.1) is 13.7 Å². The molecule has 1 rings (SSSR count). The molecule has 0 aliphatic carbocycles. The fraction of sp³-hybridized carbons (Fsp3) is 0.250. The fourth-order valence-electron chi connectivity index (χ4n) is 0.913. The van der Waals surface area contributed by atoms with Gasteiger partial charge in [-0.05, 0) is 28.1 Å². The normalized spacial score (nSPS) is 9.38. The molecule has 0 saturated heterocycles. The van der Waals surface area contributed by atoms with Crippen molar-refractivity contribution >= 4 is 22.3 Å². The van der Waals surface area contributed by atoms with Crippen LogP contribution in [0.5, 0.6) is 5.75 Å². The summed E-state index contributed by atoms with van der Waals surface area (Å²) in [6.07, 6.45) is 0.627. The summed E-state index contributed by atoms with van der Waals surface area (Å²) in [5.74, 6) is 0.664. The smallest absolute Gasteiger partial charge is 0.207 e. The number of carbonyl (C=O) groups is 1. The van der Waals surface area contributed by atoms with Crippen LogP contribution < -0.4 is 10.1 Å². The summed E-state index contributed by atoms with van der Waals surface area (Å²) in [6.45, 7) is 0.367. The Morgan fingerprint density at radius 2 is 2.46 bits per heavy atom. The molecule has 1 aromatic rings. The average Bonchev–Trinajstić information content (AvgIpc) is 2.15. The number of halogens is 1. The van der Waals surface area contributed by atoms with E-state index in [9.17, 15) is 4.79 Å². The van der Waals surface area contributed by atoms with Crippen molar-refractivity contribution in [3.05, 3.63) is 22.4 Å². The molecular formula is C8H9BrN2O2. The summed E-state index contributed by atoms with van der Waals surface area (Å²) >= 11 is 3.23. The van der Waals surface area contributed by atoms with E-state index >= 15 is 0 Å². The number of amides is 1. The minimum absolute atomic E-state index is 0.367. The van der Waals surface area contributed by atoms with E-state index in [-0.39, 0.29) is 0 Å². The minimum Gasteiger partial charge on any atom is -0.495 e. The Morgan fingerprint density at radius 1 is 1.69 bits per heavy atom. The van der Waals surface area contributed by atoms with E-state index in [0.717, 1.165) is 4.60 Å². The predicted octanol–water partition coefficient (Wildman–Crippen LogP) is 1.10. The maximum absolute atomic E-state index is 10.1. The number of hydrogen-bond donors (Lipinski definition) is 1. The molecule has 1 heterocycles. The first-order chi connectivity index (χ1) is 6.27. The Bertz CT molecular complexity index is 304. The lowest BCUT2D eigenvalue weighted by Crippen LogP contribution is -2.12. The second-order valence-corrected chi connectivity index (χ2v) is 3.09. The number of pyridine rings is 1. The van der Waals surface area contributed by atoms with Crippen molar-refractivity contribution in [1.82, 2.24) is 10.3 Å². The fourth-order valence-corrected chi connectivity index (χ4v) is 1.26. The number of ether oxygens (including phenoxy) is 1. The van der Waals surface area contributed by atoms with Gasteiger partial charge in [-0.3, -0.25) is 4.79 Å². The number of rotatable bonds is 4. The van der Waals surface area contributed by atoms with Gasteiger partial charge in [0.1, 0.15) is 16.0 Å². The highest BCUT2D eigenvalue weighted by Crippen LogP contribution is 2.18. The van der Waals surface area contributed by atoms with E-state index in [2.05, 4.69) is 26.2 Å². The molecule has 70 valence electrons. The van der Waals surface area contributed by atoms with E-state index < -0.39 is 0 Å². The summed E-state index contributed by atoms with van der Waals surface area (Å²) in [6, 6.07) is 3.57. The largest absolute Gasteiger partial charge is 0.495 e. The standard InChI is InChI=1S/C8H9BrN2O2/c1-13-7-2-3-8(9)11-6(7)4-10-5-12/h2-3,5H,4H2,1H3,(H,10,12). The molecule has 0 radical (unpaired) electrons. The van der Waals surface area contributed by atoms with Crippen LogP contribution in [0, 0.1) is 0 Å². The van der Waals surface area contributed by atoms with E-state index in [1.807, 2.05) is 0 Å². The molecule has 0 aliphatic rings. The minimum atomic E-state index is 0.367. The molecule has 0 aromatic carbocycles. The second-order valence-electron chi connectivity index (χ2n) is 2.28. The van der Waals surface area contributed by atoms with Crippen LogP contribution >= 0.6 is 15.9 Å². The quantitative estimate of drug-likeness (QED) is 0.638. The van der Waals surface area contributed by atoms with Crippen LogP contribution in [0.2, 0.25) is 0 Å². The molecule has 1 N–H and O–H groups in total. The summed E-state index contributed by atoms with van der Waals surface area (Å²) < 4.78 is 5.78. The first-order valence-corrected chi connectivity index (χ1v) is 4.43. The van der Waals surface area contributed by atoms with Crippen molar-refractivity contribution in [3.8, 4) is 5.75 Å². The van der Waals surface area contributed by atoms with Gasteiger partial charge in [0.25, 0.3) is 0 Å². The summed E-state index contributed by atoms with van der Waals surface area (Å²) in [4.78, 5) is 14.2. The third-order valence-corrected chi connectivity index (χ3v) is 1.91. The molecule has 1 amide bonds. The summed E-state index contributed by atoms with van der Waals surface area (Å²) in [5.41, 5.74) is 0.698. The van der Waals surface area contributed by atoms with Crippen LogP contribution in [0.25, 0.3) is 0 Å². The zero-order valence-corrected chi connectivity index (χ0v) is 8.67. The second kappa shape index (κ2) is 4.81. The number of carbonyl (C=O) groups excluding carboxylic acids is 1. The van der Waals surface area contributed by atoms with Crippen LogP contribution in [0.3, 0.4) is 0 Å². The third-order valence-electron chi connectivity index (χ3n) is 1.47. The van der Waals surface area contributed by atoms with Gasteiger partial charge in [0, 0.05) is 0 Å².